The van der Waals surface area contributed by atoms with Crippen molar-refractivity contribution >= 4 is 23.9 Å². The van der Waals surface area contributed by atoms with E-state index in [0.717, 1.165) is 22.1 Å². The van der Waals surface area contributed by atoms with E-state index in [2.05, 4.69) is 0 Å². The Labute approximate surface area is 167 Å². The van der Waals surface area contributed by atoms with E-state index in [4.69, 9.17) is 18.8 Å². The number of fused-ring (bicyclic) bond motifs is 1. The highest BCUT2D eigenvalue weighted by Crippen LogP contribution is 2.43. The minimum atomic E-state index is -0.550. The molecule has 0 aromatic heterocycles. The van der Waals surface area contributed by atoms with Gasteiger partial charge in [-0.05, 0) is 51.6 Å². The normalized spacial score (nSPS) is 18.9. The van der Waals surface area contributed by atoms with Gasteiger partial charge in [0, 0.05) is 11.2 Å². The van der Waals surface area contributed by atoms with Gasteiger partial charge in [-0.15, -0.1) is 0 Å². The van der Waals surface area contributed by atoms with Crippen molar-refractivity contribution in [3.63, 3.8) is 0 Å². The van der Waals surface area contributed by atoms with Crippen molar-refractivity contribution in [2.24, 2.45) is 0 Å². The molecule has 28 heavy (non-hydrogen) atoms. The molecular formula is C22H29BO5. The van der Waals surface area contributed by atoms with Crippen LogP contribution in [0.25, 0.3) is 10.8 Å². The Bertz CT molecular complexity index is 845. The topological polar surface area (TPSA) is 54.0 Å². The Hall–Kier alpha value is -2.05. The second-order valence-corrected chi connectivity index (χ2v) is 8.14. The molecule has 2 aromatic carbocycles. The summed E-state index contributed by atoms with van der Waals surface area (Å²) >= 11 is 0. The minimum absolute atomic E-state index is 0.182. The highest BCUT2D eigenvalue weighted by molar-refractivity contribution is 6.48. The second-order valence-electron chi connectivity index (χ2n) is 8.14. The van der Waals surface area contributed by atoms with Gasteiger partial charge in [-0.1, -0.05) is 30.3 Å². The predicted molar refractivity (Wildman–Crippen MR) is 111 cm³/mol. The summed E-state index contributed by atoms with van der Waals surface area (Å²) in [5.41, 5.74) is 0.0302. The molecule has 0 bridgehead atoms. The van der Waals surface area contributed by atoms with Crippen molar-refractivity contribution < 1.29 is 23.6 Å². The van der Waals surface area contributed by atoms with Crippen LogP contribution < -0.4 is 4.74 Å². The van der Waals surface area contributed by atoms with Crippen molar-refractivity contribution in [1.82, 2.24) is 0 Å². The molecule has 1 heterocycles. The molecule has 1 fully saturated rings. The number of ether oxygens (including phenoxy) is 2. The van der Waals surface area contributed by atoms with Gasteiger partial charge in [-0.2, -0.15) is 0 Å². The summed E-state index contributed by atoms with van der Waals surface area (Å²) in [6.45, 7) is 10.2. The second kappa shape index (κ2) is 7.76. The number of carbonyl (C=O) groups excluding carboxylic acids is 1. The van der Waals surface area contributed by atoms with Crippen LogP contribution in [0.15, 0.2) is 36.4 Å². The summed E-state index contributed by atoms with van der Waals surface area (Å²) in [5.74, 6) is 0.237. The van der Waals surface area contributed by atoms with Gasteiger partial charge in [0.2, 0.25) is 0 Å². The lowest BCUT2D eigenvalue weighted by molar-refractivity contribution is -0.143. The maximum absolute atomic E-state index is 12.4. The van der Waals surface area contributed by atoms with Crippen LogP contribution in [0.1, 0.15) is 52.4 Å². The van der Waals surface area contributed by atoms with Gasteiger partial charge >= 0.3 is 13.1 Å². The van der Waals surface area contributed by atoms with E-state index < -0.39 is 18.3 Å². The lowest BCUT2D eigenvalue weighted by Gasteiger charge is -2.32. The number of hydrogen-bond donors (Lipinski definition) is 0. The third-order valence-corrected chi connectivity index (χ3v) is 5.83. The summed E-state index contributed by atoms with van der Waals surface area (Å²) in [7, 11) is 1.11. The maximum atomic E-state index is 12.4. The smallest absolute Gasteiger partial charge is 0.466 e. The maximum Gasteiger partial charge on any atom is 0.466 e. The van der Waals surface area contributed by atoms with Gasteiger partial charge in [0.25, 0.3) is 0 Å². The third-order valence-electron chi connectivity index (χ3n) is 5.83. The monoisotopic (exact) mass is 384 g/mol. The summed E-state index contributed by atoms with van der Waals surface area (Å²) < 4.78 is 23.4. The molecule has 0 aliphatic carbocycles. The Balaban J connectivity index is 2.08. The molecule has 2 aromatic rings. The molecular weight excluding hydrogens is 355 g/mol. The lowest BCUT2D eigenvalue weighted by Crippen LogP contribution is -2.41. The molecule has 0 N–H and O–H groups in total. The van der Waals surface area contributed by atoms with Gasteiger partial charge in [0.05, 0.1) is 31.3 Å². The van der Waals surface area contributed by atoms with E-state index in [0.29, 0.717) is 6.61 Å². The van der Waals surface area contributed by atoms with Crippen LogP contribution in [0, 0.1) is 0 Å². The fourth-order valence-electron chi connectivity index (χ4n) is 3.60. The van der Waals surface area contributed by atoms with Crippen LogP contribution >= 0.6 is 0 Å². The van der Waals surface area contributed by atoms with Crippen molar-refractivity contribution in [3.05, 3.63) is 42.0 Å². The van der Waals surface area contributed by atoms with Crippen LogP contribution in [0.2, 0.25) is 0 Å². The highest BCUT2D eigenvalue weighted by atomic mass is 16.7. The number of esters is 1. The van der Waals surface area contributed by atoms with Gasteiger partial charge in [0.1, 0.15) is 5.75 Å². The van der Waals surface area contributed by atoms with E-state index in [1.54, 1.807) is 7.11 Å². The molecule has 1 aliphatic heterocycles. The van der Waals surface area contributed by atoms with Crippen molar-refractivity contribution in [1.29, 1.82) is 0 Å². The zero-order valence-corrected chi connectivity index (χ0v) is 17.6. The molecule has 0 saturated carbocycles. The van der Waals surface area contributed by atoms with Crippen LogP contribution in [0.3, 0.4) is 0 Å². The fourth-order valence-corrected chi connectivity index (χ4v) is 3.60. The largest absolute Gasteiger partial charge is 0.496 e. The Morgan fingerprint density at radius 1 is 1.04 bits per heavy atom. The summed E-state index contributed by atoms with van der Waals surface area (Å²) in [6.07, 6.45) is 0.182. The average Bonchev–Trinajstić information content (AvgIpc) is 2.86. The molecule has 150 valence electrons. The Kier molecular flexibility index (Phi) is 5.73. The van der Waals surface area contributed by atoms with Crippen LogP contribution in [0.5, 0.6) is 5.75 Å². The first kappa shape index (κ1) is 20.7. The summed E-state index contributed by atoms with van der Waals surface area (Å²) in [5, 5.41) is 2.01. The summed E-state index contributed by atoms with van der Waals surface area (Å²) in [4.78, 5) is 12.4. The predicted octanol–water partition coefficient (Wildman–Crippen LogP) is 4.52. The van der Waals surface area contributed by atoms with E-state index in [1.807, 2.05) is 71.0 Å². The van der Waals surface area contributed by atoms with E-state index in [-0.39, 0.29) is 18.2 Å². The molecule has 0 spiro atoms. The average molecular weight is 384 g/mol. The number of benzene rings is 2. The molecule has 1 aliphatic rings. The molecule has 5 nitrogen and oxygen atoms in total. The van der Waals surface area contributed by atoms with Gasteiger partial charge in [-0.3, -0.25) is 4.79 Å². The molecule has 3 rings (SSSR count). The molecule has 1 unspecified atom stereocenters. The van der Waals surface area contributed by atoms with Gasteiger partial charge < -0.3 is 18.8 Å². The number of hydrogen-bond acceptors (Lipinski definition) is 5. The zero-order valence-electron chi connectivity index (χ0n) is 17.6. The van der Waals surface area contributed by atoms with Crippen molar-refractivity contribution in [2.75, 3.05) is 13.7 Å². The van der Waals surface area contributed by atoms with Crippen LogP contribution in [-0.4, -0.2) is 38.0 Å². The number of carbonyl (C=O) groups is 1. The molecule has 0 amide bonds. The van der Waals surface area contributed by atoms with Crippen molar-refractivity contribution in [3.8, 4) is 5.75 Å². The molecule has 1 saturated heterocycles. The SMILES string of the molecule is CCOC(=O)CC(B1OC(C)(C)C(C)(C)O1)c1ccc(OC)c2ccccc12. The van der Waals surface area contributed by atoms with E-state index in [1.165, 1.54) is 0 Å². The minimum Gasteiger partial charge on any atom is -0.496 e. The van der Waals surface area contributed by atoms with Crippen LogP contribution in [-0.2, 0) is 18.8 Å². The van der Waals surface area contributed by atoms with Gasteiger partial charge in [0.15, 0.2) is 0 Å². The highest BCUT2D eigenvalue weighted by Gasteiger charge is 2.54. The Morgan fingerprint density at radius 2 is 1.64 bits per heavy atom. The molecule has 6 heteroatoms. The first-order valence-electron chi connectivity index (χ1n) is 9.77. The first-order valence-corrected chi connectivity index (χ1v) is 9.77. The number of methoxy groups -OCH3 is 1. The standard InChI is InChI=1S/C22H29BO5/c1-7-26-20(24)14-18(23-27-21(2,3)22(4,5)28-23)16-12-13-19(25-6)17-11-9-8-10-15(16)17/h8-13,18H,7,14H2,1-6H3. The zero-order chi connectivity index (χ0) is 20.5. The first-order chi connectivity index (χ1) is 13.2. The fraction of sp³-hybridized carbons (Fsp3) is 0.500. The quantitative estimate of drug-likeness (QED) is 0.542. The third kappa shape index (κ3) is 3.76. The van der Waals surface area contributed by atoms with Crippen LogP contribution in [0.4, 0.5) is 0 Å². The van der Waals surface area contributed by atoms with Crippen molar-refractivity contribution in [2.45, 2.75) is 58.1 Å². The number of rotatable bonds is 6. The van der Waals surface area contributed by atoms with E-state index in [9.17, 15) is 4.79 Å². The molecule has 0 radical (unpaired) electrons. The lowest BCUT2D eigenvalue weighted by atomic mass is 9.65. The van der Waals surface area contributed by atoms with E-state index >= 15 is 0 Å². The summed E-state index contributed by atoms with van der Waals surface area (Å²) in [6, 6.07) is 11.9. The molecule has 1 atom stereocenters. The Morgan fingerprint density at radius 3 is 2.21 bits per heavy atom. The van der Waals surface area contributed by atoms with Gasteiger partial charge in [-0.25, -0.2) is 0 Å².